The smallest absolute Gasteiger partial charge is 0.146 e. The van der Waals surface area contributed by atoms with Crippen LogP contribution >= 0.6 is 0 Å². The van der Waals surface area contributed by atoms with E-state index in [1.54, 1.807) is 18.2 Å². The summed E-state index contributed by atoms with van der Waals surface area (Å²) in [7, 11) is 0. The third-order valence-electron chi connectivity index (χ3n) is 5.45. The zero-order chi connectivity index (χ0) is 20.3. The zero-order valence-electron chi connectivity index (χ0n) is 16.5. The van der Waals surface area contributed by atoms with Gasteiger partial charge in [-0.2, -0.15) is 0 Å². The topological polar surface area (TPSA) is 53.1 Å². The second-order valence-electron chi connectivity index (χ2n) is 7.34. The van der Waals surface area contributed by atoms with E-state index in [4.69, 9.17) is 0 Å². The summed E-state index contributed by atoms with van der Waals surface area (Å²) in [5.41, 5.74) is 4.68. The minimum atomic E-state index is -0.314. The van der Waals surface area contributed by atoms with E-state index in [1.807, 2.05) is 12.1 Å². The molecular formula is C24H22FN5. The van der Waals surface area contributed by atoms with Crippen LogP contribution in [0.15, 0.2) is 73.1 Å². The molecule has 2 N–H and O–H groups in total. The third kappa shape index (κ3) is 3.69. The maximum absolute atomic E-state index is 14.0. The lowest BCUT2D eigenvalue weighted by Crippen LogP contribution is -2.43. The fourth-order valence-corrected chi connectivity index (χ4v) is 3.81. The monoisotopic (exact) mass is 399 g/mol. The van der Waals surface area contributed by atoms with Gasteiger partial charge >= 0.3 is 0 Å². The van der Waals surface area contributed by atoms with E-state index in [9.17, 15) is 4.39 Å². The first kappa shape index (κ1) is 18.5. The fraction of sp³-hybridized carbons (Fsp3) is 0.167. The molecular weight excluding hydrogens is 377 g/mol. The number of aromatic nitrogens is 2. The van der Waals surface area contributed by atoms with E-state index >= 15 is 0 Å². The summed E-state index contributed by atoms with van der Waals surface area (Å²) in [6, 6.07) is 21.3. The van der Waals surface area contributed by atoms with Crippen molar-refractivity contribution in [2.45, 2.75) is 0 Å². The van der Waals surface area contributed by atoms with Crippen LogP contribution in [0.4, 0.5) is 21.6 Å². The molecule has 1 aliphatic rings. The van der Waals surface area contributed by atoms with Crippen LogP contribution in [0.25, 0.3) is 22.0 Å². The molecule has 5 rings (SSSR count). The van der Waals surface area contributed by atoms with Gasteiger partial charge in [-0.25, -0.2) is 14.4 Å². The van der Waals surface area contributed by atoms with Crippen LogP contribution in [0, 0.1) is 5.82 Å². The number of piperazine rings is 1. The number of fused-ring (bicyclic) bond motifs is 1. The standard InChI is InChI=1S/C24H22FN5/c25-21-3-1-2-4-22(21)29-24-20-10-7-18(15-23(20)27-16-28-24)17-5-8-19(9-6-17)30-13-11-26-12-14-30/h1-10,15-16,26H,11-14H2,(H,27,28,29). The third-order valence-corrected chi connectivity index (χ3v) is 5.45. The van der Waals surface area contributed by atoms with Gasteiger partial charge in [0.1, 0.15) is 18.0 Å². The lowest BCUT2D eigenvalue weighted by molar-refractivity contribution is 0.589. The van der Waals surface area contributed by atoms with Crippen molar-refractivity contribution in [2.24, 2.45) is 0 Å². The maximum Gasteiger partial charge on any atom is 0.146 e. The Morgan fingerprint density at radius 1 is 0.867 bits per heavy atom. The van der Waals surface area contributed by atoms with Gasteiger partial charge in [0.25, 0.3) is 0 Å². The average Bonchev–Trinajstić information content (AvgIpc) is 2.81. The highest BCUT2D eigenvalue weighted by molar-refractivity contribution is 5.93. The molecule has 0 saturated carbocycles. The van der Waals surface area contributed by atoms with Crippen molar-refractivity contribution >= 4 is 28.1 Å². The van der Waals surface area contributed by atoms with Crippen LogP contribution in [0.2, 0.25) is 0 Å². The second kappa shape index (κ2) is 8.08. The van der Waals surface area contributed by atoms with Crippen LogP contribution < -0.4 is 15.5 Å². The van der Waals surface area contributed by atoms with Gasteiger partial charge in [0.2, 0.25) is 0 Å². The molecule has 0 unspecified atom stereocenters. The molecule has 0 spiro atoms. The van der Waals surface area contributed by atoms with Gasteiger partial charge in [-0.3, -0.25) is 0 Å². The first-order valence-electron chi connectivity index (χ1n) is 10.1. The Hall–Kier alpha value is -3.51. The number of para-hydroxylation sites is 1. The average molecular weight is 399 g/mol. The second-order valence-corrected chi connectivity index (χ2v) is 7.34. The number of anilines is 3. The minimum absolute atomic E-state index is 0.314. The molecule has 1 saturated heterocycles. The summed E-state index contributed by atoms with van der Waals surface area (Å²) >= 11 is 0. The normalized spacial score (nSPS) is 14.1. The van der Waals surface area contributed by atoms with Crippen LogP contribution in [-0.2, 0) is 0 Å². The molecule has 1 aliphatic heterocycles. The molecule has 150 valence electrons. The Labute approximate surface area is 174 Å². The molecule has 0 aliphatic carbocycles. The van der Waals surface area contributed by atoms with E-state index < -0.39 is 0 Å². The summed E-state index contributed by atoms with van der Waals surface area (Å²) in [4.78, 5) is 11.1. The number of benzene rings is 3. The highest BCUT2D eigenvalue weighted by Crippen LogP contribution is 2.29. The molecule has 30 heavy (non-hydrogen) atoms. The van der Waals surface area contributed by atoms with E-state index in [1.165, 1.54) is 18.1 Å². The molecule has 5 nitrogen and oxygen atoms in total. The van der Waals surface area contributed by atoms with Crippen molar-refractivity contribution in [2.75, 3.05) is 36.4 Å². The van der Waals surface area contributed by atoms with Crippen LogP contribution in [-0.4, -0.2) is 36.1 Å². The summed E-state index contributed by atoms with van der Waals surface area (Å²) in [6.45, 7) is 4.11. The molecule has 0 atom stereocenters. The number of nitrogens with one attached hydrogen (secondary N) is 2. The Morgan fingerprint density at radius 2 is 1.63 bits per heavy atom. The van der Waals surface area contributed by atoms with Crippen molar-refractivity contribution < 1.29 is 4.39 Å². The van der Waals surface area contributed by atoms with Crippen molar-refractivity contribution in [3.05, 3.63) is 78.9 Å². The highest BCUT2D eigenvalue weighted by Gasteiger charge is 2.11. The molecule has 0 radical (unpaired) electrons. The predicted octanol–water partition coefficient (Wildman–Crippen LogP) is 4.59. The lowest BCUT2D eigenvalue weighted by atomic mass is 10.0. The van der Waals surface area contributed by atoms with Gasteiger partial charge in [0.05, 0.1) is 11.2 Å². The fourth-order valence-electron chi connectivity index (χ4n) is 3.81. The Bertz CT molecular complexity index is 1170. The van der Waals surface area contributed by atoms with Crippen molar-refractivity contribution in [3.8, 4) is 11.1 Å². The molecule has 1 aromatic heterocycles. The molecule has 0 amide bonds. The van der Waals surface area contributed by atoms with Crippen molar-refractivity contribution in [1.29, 1.82) is 0 Å². The molecule has 6 heteroatoms. The van der Waals surface area contributed by atoms with Gasteiger partial charge in [-0.15, -0.1) is 0 Å². The summed E-state index contributed by atoms with van der Waals surface area (Å²) < 4.78 is 14.0. The van der Waals surface area contributed by atoms with E-state index in [0.29, 0.717) is 11.5 Å². The quantitative estimate of drug-likeness (QED) is 0.526. The molecule has 3 aromatic carbocycles. The molecule has 1 fully saturated rings. The largest absolute Gasteiger partial charge is 0.369 e. The number of hydrogen-bond acceptors (Lipinski definition) is 5. The van der Waals surface area contributed by atoms with Gasteiger partial charge in [-0.1, -0.05) is 30.3 Å². The molecule has 2 heterocycles. The predicted molar refractivity (Wildman–Crippen MR) is 120 cm³/mol. The maximum atomic E-state index is 14.0. The minimum Gasteiger partial charge on any atom is -0.369 e. The Morgan fingerprint density at radius 3 is 2.43 bits per heavy atom. The van der Waals surface area contributed by atoms with Crippen molar-refractivity contribution in [3.63, 3.8) is 0 Å². The molecule has 0 bridgehead atoms. The SMILES string of the molecule is Fc1ccccc1Nc1ncnc2cc(-c3ccc(N4CCNCC4)cc3)ccc12. The summed E-state index contributed by atoms with van der Waals surface area (Å²) in [5.74, 6) is 0.274. The number of rotatable bonds is 4. The Kier molecular flexibility index (Phi) is 4.99. The van der Waals surface area contributed by atoms with Crippen LogP contribution in [0.5, 0.6) is 0 Å². The van der Waals surface area contributed by atoms with Gasteiger partial charge < -0.3 is 15.5 Å². The van der Waals surface area contributed by atoms with Crippen molar-refractivity contribution in [1.82, 2.24) is 15.3 Å². The summed E-state index contributed by atoms with van der Waals surface area (Å²) in [6.07, 6.45) is 1.50. The lowest BCUT2D eigenvalue weighted by Gasteiger charge is -2.29. The first-order valence-corrected chi connectivity index (χ1v) is 10.1. The van der Waals surface area contributed by atoms with Crippen LogP contribution in [0.3, 0.4) is 0 Å². The van der Waals surface area contributed by atoms with Gasteiger partial charge in [0.15, 0.2) is 0 Å². The van der Waals surface area contributed by atoms with E-state index in [0.717, 1.165) is 48.2 Å². The Balaban J connectivity index is 1.43. The number of nitrogens with zero attached hydrogens (tertiary/aromatic N) is 3. The van der Waals surface area contributed by atoms with Crippen LogP contribution in [0.1, 0.15) is 0 Å². The first-order chi connectivity index (χ1) is 14.8. The van der Waals surface area contributed by atoms with E-state index in [-0.39, 0.29) is 5.82 Å². The highest BCUT2D eigenvalue weighted by atomic mass is 19.1. The summed E-state index contributed by atoms with van der Waals surface area (Å²) in [5, 5.41) is 7.31. The number of halogens is 1. The zero-order valence-corrected chi connectivity index (χ0v) is 16.5. The van der Waals surface area contributed by atoms with Gasteiger partial charge in [-0.05, 0) is 47.5 Å². The number of hydrogen-bond donors (Lipinski definition) is 2. The van der Waals surface area contributed by atoms with E-state index in [2.05, 4.69) is 55.8 Å². The van der Waals surface area contributed by atoms with Gasteiger partial charge in [0, 0.05) is 37.3 Å². The molecule has 4 aromatic rings.